The third-order valence-corrected chi connectivity index (χ3v) is 3.33. The number of hydrogen-bond acceptors (Lipinski definition) is 6. The minimum Gasteiger partial charge on any atom is -0.426 e. The summed E-state index contributed by atoms with van der Waals surface area (Å²) in [6.07, 6.45) is 0. The summed E-state index contributed by atoms with van der Waals surface area (Å²) in [4.78, 5) is 23.6. The smallest absolute Gasteiger partial charge is 0.308 e. The quantitative estimate of drug-likeness (QED) is 0.560. The molecule has 0 aliphatic rings. The summed E-state index contributed by atoms with van der Waals surface area (Å²) in [5.74, 6) is -0.201. The number of esters is 1. The molecule has 0 radical (unpaired) electrons. The summed E-state index contributed by atoms with van der Waals surface area (Å²) in [6.45, 7) is 1.40. The highest BCUT2D eigenvalue weighted by Gasteiger charge is 2.15. The molecule has 2 aromatic carbocycles. The number of carbonyl (C=O) groups is 2. The molecule has 1 aromatic heterocycles. The lowest BCUT2D eigenvalue weighted by Crippen LogP contribution is -2.25. The fourth-order valence-corrected chi connectivity index (χ4v) is 2.24. The number of benzene rings is 2. The second-order valence-electron chi connectivity index (χ2n) is 5.11. The summed E-state index contributed by atoms with van der Waals surface area (Å²) < 4.78 is 6.59. The van der Waals surface area contributed by atoms with Crippen molar-refractivity contribution < 1.29 is 14.3 Å². The van der Waals surface area contributed by atoms with E-state index >= 15 is 0 Å². The molecule has 0 saturated carbocycles. The molecular weight excluding hydrogens is 322 g/mol. The van der Waals surface area contributed by atoms with Gasteiger partial charge in [-0.1, -0.05) is 30.3 Å². The Labute approximate surface area is 143 Å². The van der Waals surface area contributed by atoms with E-state index in [2.05, 4.69) is 20.8 Å². The Bertz CT molecular complexity index is 892. The molecule has 3 aromatic rings. The maximum absolute atomic E-state index is 12.4. The van der Waals surface area contributed by atoms with E-state index in [4.69, 9.17) is 4.74 Å². The van der Waals surface area contributed by atoms with Crippen LogP contribution in [-0.2, 0) is 11.3 Å². The molecule has 0 atom stereocenters. The summed E-state index contributed by atoms with van der Waals surface area (Å²) in [5.41, 5.74) is 1.05. The van der Waals surface area contributed by atoms with Gasteiger partial charge in [0, 0.05) is 6.92 Å². The van der Waals surface area contributed by atoms with Gasteiger partial charge in [-0.05, 0) is 34.7 Å². The van der Waals surface area contributed by atoms with E-state index in [1.54, 1.807) is 24.3 Å². The van der Waals surface area contributed by atoms with Crippen LogP contribution in [0.15, 0.2) is 54.6 Å². The van der Waals surface area contributed by atoms with Crippen LogP contribution in [0, 0.1) is 0 Å². The standard InChI is InChI=1S/C17H15N5O3/c1-12(23)25-15-10-6-5-9-14(15)17(24)18-11-16-19-20-21-22(16)13-7-3-2-4-8-13/h2-10H,11H2,1H3,(H,18,24). The predicted octanol–water partition coefficient (Wildman–Crippen LogP) is 1.52. The zero-order valence-electron chi connectivity index (χ0n) is 13.4. The molecule has 3 rings (SSSR count). The predicted molar refractivity (Wildman–Crippen MR) is 88.1 cm³/mol. The molecule has 1 amide bonds. The van der Waals surface area contributed by atoms with Gasteiger partial charge in [-0.25, -0.2) is 0 Å². The number of nitrogens with zero attached hydrogens (tertiary/aromatic N) is 4. The van der Waals surface area contributed by atoms with Crippen LogP contribution >= 0.6 is 0 Å². The van der Waals surface area contributed by atoms with Crippen LogP contribution in [0.4, 0.5) is 0 Å². The Morgan fingerprint density at radius 1 is 1.08 bits per heavy atom. The Morgan fingerprint density at radius 2 is 1.80 bits per heavy atom. The molecule has 0 fully saturated rings. The maximum Gasteiger partial charge on any atom is 0.308 e. The third kappa shape index (κ3) is 3.86. The van der Waals surface area contributed by atoms with Crippen LogP contribution < -0.4 is 10.1 Å². The van der Waals surface area contributed by atoms with Crippen LogP contribution in [0.5, 0.6) is 5.75 Å². The van der Waals surface area contributed by atoms with E-state index in [0.717, 1.165) is 5.69 Å². The molecule has 0 aliphatic heterocycles. The van der Waals surface area contributed by atoms with Gasteiger partial charge in [0.2, 0.25) is 0 Å². The normalized spacial score (nSPS) is 10.3. The number of aromatic nitrogens is 4. The molecule has 1 N–H and O–H groups in total. The Balaban J connectivity index is 1.74. The first kappa shape index (κ1) is 16.3. The Kier molecular flexibility index (Phi) is 4.79. The molecule has 0 aliphatic carbocycles. The highest BCUT2D eigenvalue weighted by molar-refractivity contribution is 5.97. The number of ether oxygens (including phenoxy) is 1. The number of rotatable bonds is 5. The largest absolute Gasteiger partial charge is 0.426 e. The van der Waals surface area contributed by atoms with Crippen molar-refractivity contribution in [3.05, 3.63) is 66.0 Å². The molecular formula is C17H15N5O3. The fraction of sp³-hybridized carbons (Fsp3) is 0.118. The number of para-hydroxylation sites is 2. The number of tetrazole rings is 1. The topological polar surface area (TPSA) is 99.0 Å². The first-order valence-electron chi connectivity index (χ1n) is 7.53. The van der Waals surface area contributed by atoms with Crippen LogP contribution in [0.3, 0.4) is 0 Å². The molecule has 8 heteroatoms. The number of nitrogens with one attached hydrogen (secondary N) is 1. The second-order valence-corrected chi connectivity index (χ2v) is 5.11. The van der Waals surface area contributed by atoms with E-state index in [0.29, 0.717) is 5.82 Å². The number of hydrogen-bond donors (Lipinski definition) is 1. The summed E-state index contributed by atoms with van der Waals surface area (Å²) in [5, 5.41) is 14.2. The third-order valence-electron chi connectivity index (χ3n) is 3.33. The van der Waals surface area contributed by atoms with E-state index in [1.807, 2.05) is 30.3 Å². The molecule has 0 saturated heterocycles. The molecule has 126 valence electrons. The van der Waals surface area contributed by atoms with Crippen molar-refractivity contribution in [2.75, 3.05) is 0 Å². The van der Waals surface area contributed by atoms with Crippen molar-refractivity contribution >= 4 is 11.9 Å². The summed E-state index contributed by atoms with van der Waals surface area (Å²) in [6, 6.07) is 15.9. The van der Waals surface area contributed by atoms with Gasteiger partial charge in [0.25, 0.3) is 5.91 Å². The Hall–Kier alpha value is -3.55. The molecule has 0 bridgehead atoms. The van der Waals surface area contributed by atoms with Crippen LogP contribution in [-0.4, -0.2) is 32.1 Å². The Morgan fingerprint density at radius 3 is 2.56 bits per heavy atom. The molecule has 1 heterocycles. The van der Waals surface area contributed by atoms with Gasteiger partial charge >= 0.3 is 5.97 Å². The van der Waals surface area contributed by atoms with Crippen molar-refractivity contribution in [2.24, 2.45) is 0 Å². The second kappa shape index (κ2) is 7.35. The average molecular weight is 337 g/mol. The van der Waals surface area contributed by atoms with Crippen molar-refractivity contribution in [1.29, 1.82) is 0 Å². The lowest BCUT2D eigenvalue weighted by atomic mass is 10.2. The zero-order chi connectivity index (χ0) is 17.6. The van der Waals surface area contributed by atoms with Gasteiger partial charge in [0.15, 0.2) is 5.82 Å². The number of carbonyl (C=O) groups excluding carboxylic acids is 2. The van der Waals surface area contributed by atoms with Crippen molar-refractivity contribution in [3.8, 4) is 11.4 Å². The minimum absolute atomic E-state index is 0.120. The highest BCUT2D eigenvalue weighted by atomic mass is 16.5. The van der Waals surface area contributed by atoms with Crippen LogP contribution in [0.1, 0.15) is 23.1 Å². The maximum atomic E-state index is 12.4. The first-order valence-corrected chi connectivity index (χ1v) is 7.53. The van der Waals surface area contributed by atoms with E-state index in [1.165, 1.54) is 11.6 Å². The first-order chi connectivity index (χ1) is 12.1. The van der Waals surface area contributed by atoms with Gasteiger partial charge in [-0.2, -0.15) is 4.68 Å². The van der Waals surface area contributed by atoms with Crippen molar-refractivity contribution in [3.63, 3.8) is 0 Å². The molecule has 0 unspecified atom stereocenters. The van der Waals surface area contributed by atoms with E-state index in [-0.39, 0.29) is 23.8 Å². The van der Waals surface area contributed by atoms with Gasteiger partial charge in [-0.3, -0.25) is 9.59 Å². The van der Waals surface area contributed by atoms with Gasteiger partial charge < -0.3 is 10.1 Å². The SMILES string of the molecule is CC(=O)Oc1ccccc1C(=O)NCc1nnnn1-c1ccccc1. The van der Waals surface area contributed by atoms with Crippen molar-refractivity contribution in [2.45, 2.75) is 13.5 Å². The lowest BCUT2D eigenvalue weighted by molar-refractivity contribution is -0.131. The van der Waals surface area contributed by atoms with Gasteiger partial charge in [0.1, 0.15) is 5.75 Å². The van der Waals surface area contributed by atoms with E-state index in [9.17, 15) is 9.59 Å². The molecule has 8 nitrogen and oxygen atoms in total. The van der Waals surface area contributed by atoms with Crippen LogP contribution in [0.25, 0.3) is 5.69 Å². The minimum atomic E-state index is -0.492. The summed E-state index contributed by atoms with van der Waals surface area (Å²) >= 11 is 0. The summed E-state index contributed by atoms with van der Waals surface area (Å²) in [7, 11) is 0. The van der Waals surface area contributed by atoms with E-state index < -0.39 is 5.97 Å². The monoisotopic (exact) mass is 337 g/mol. The molecule has 25 heavy (non-hydrogen) atoms. The average Bonchev–Trinajstić information content (AvgIpc) is 3.09. The lowest BCUT2D eigenvalue weighted by Gasteiger charge is -2.09. The van der Waals surface area contributed by atoms with Gasteiger partial charge in [0.05, 0.1) is 17.8 Å². The zero-order valence-corrected chi connectivity index (χ0v) is 13.4. The van der Waals surface area contributed by atoms with Crippen molar-refractivity contribution in [1.82, 2.24) is 25.5 Å². The highest BCUT2D eigenvalue weighted by Crippen LogP contribution is 2.18. The number of amides is 1. The molecule has 0 spiro atoms. The fourth-order valence-electron chi connectivity index (χ4n) is 2.24. The van der Waals surface area contributed by atoms with Gasteiger partial charge in [-0.15, -0.1) is 5.10 Å². The van der Waals surface area contributed by atoms with Crippen LogP contribution in [0.2, 0.25) is 0 Å².